The topological polar surface area (TPSA) is 51.2 Å². The van der Waals surface area contributed by atoms with Gasteiger partial charge in [-0.15, -0.1) is 0 Å². The maximum atomic E-state index is 11.9. The number of rotatable bonds is 7. The highest BCUT2D eigenvalue weighted by Crippen LogP contribution is 2.23. The van der Waals surface area contributed by atoms with Crippen LogP contribution in [0.25, 0.3) is 0 Å². The second-order valence-electron chi connectivity index (χ2n) is 5.94. The zero-order valence-corrected chi connectivity index (χ0v) is 14.0. The van der Waals surface area contributed by atoms with Gasteiger partial charge in [0, 0.05) is 30.8 Å². The van der Waals surface area contributed by atoms with Crippen LogP contribution in [0.1, 0.15) is 30.9 Å². The van der Waals surface area contributed by atoms with Crippen LogP contribution in [-0.2, 0) is 11.2 Å². The van der Waals surface area contributed by atoms with Gasteiger partial charge in [-0.05, 0) is 35.7 Å². The highest BCUT2D eigenvalue weighted by molar-refractivity contribution is 5.77. The molecule has 2 rings (SSSR count). The number of hydrogen-bond donors (Lipinski definition) is 1. The van der Waals surface area contributed by atoms with Gasteiger partial charge in [0.05, 0.1) is 7.11 Å². The predicted molar refractivity (Wildman–Crippen MR) is 91.5 cm³/mol. The van der Waals surface area contributed by atoms with Crippen molar-refractivity contribution in [2.24, 2.45) is 5.92 Å². The molecule has 0 spiro atoms. The number of pyridine rings is 1. The number of nitrogens with zero attached hydrogens (tertiary/aromatic N) is 1. The summed E-state index contributed by atoms with van der Waals surface area (Å²) in [7, 11) is 1.66. The molecule has 1 amide bonds. The molecule has 4 nitrogen and oxygen atoms in total. The number of benzene rings is 1. The maximum absolute atomic E-state index is 11.9. The summed E-state index contributed by atoms with van der Waals surface area (Å²) < 4.78 is 5.22. The summed E-state index contributed by atoms with van der Waals surface area (Å²) in [5.41, 5.74) is 2.34. The molecule has 0 saturated heterocycles. The smallest absolute Gasteiger partial charge is 0.222 e. The van der Waals surface area contributed by atoms with E-state index in [4.69, 9.17) is 4.74 Å². The normalized spacial score (nSPS) is 12.0. The molecule has 1 heterocycles. The lowest BCUT2D eigenvalue weighted by Gasteiger charge is -2.19. The molecule has 0 radical (unpaired) electrons. The first-order valence-corrected chi connectivity index (χ1v) is 7.90. The van der Waals surface area contributed by atoms with Gasteiger partial charge in [0.2, 0.25) is 5.91 Å². The van der Waals surface area contributed by atoms with Crippen molar-refractivity contribution < 1.29 is 9.53 Å². The van der Waals surface area contributed by atoms with Crippen molar-refractivity contribution >= 4 is 5.91 Å². The molecule has 0 aliphatic rings. The van der Waals surface area contributed by atoms with E-state index in [1.807, 2.05) is 38.2 Å². The summed E-state index contributed by atoms with van der Waals surface area (Å²) in [5, 5.41) is 3.04. The first-order valence-electron chi connectivity index (χ1n) is 7.90. The summed E-state index contributed by atoms with van der Waals surface area (Å²) in [4.78, 5) is 16.1. The summed E-state index contributed by atoms with van der Waals surface area (Å²) in [6.07, 6.45) is 4.48. The molecule has 0 bridgehead atoms. The fraction of sp³-hybridized carbons (Fsp3) is 0.368. The Morgan fingerprint density at radius 1 is 1.22 bits per heavy atom. The molecule has 23 heavy (non-hydrogen) atoms. The Balaban J connectivity index is 2.14. The molecule has 2 aromatic rings. The van der Waals surface area contributed by atoms with Crippen LogP contribution in [0.3, 0.4) is 0 Å². The fourth-order valence-corrected chi connectivity index (χ4v) is 2.42. The van der Waals surface area contributed by atoms with Crippen LogP contribution in [0.15, 0.2) is 48.8 Å². The number of carbonyl (C=O) groups is 1. The van der Waals surface area contributed by atoms with Gasteiger partial charge in [0.25, 0.3) is 0 Å². The summed E-state index contributed by atoms with van der Waals surface area (Å²) in [6.45, 7) is 4.41. The van der Waals surface area contributed by atoms with Gasteiger partial charge in [-0.1, -0.05) is 32.0 Å². The molecule has 0 aliphatic carbocycles. The van der Waals surface area contributed by atoms with Crippen molar-refractivity contribution in [2.45, 2.75) is 26.2 Å². The maximum Gasteiger partial charge on any atom is 0.222 e. The van der Waals surface area contributed by atoms with E-state index in [-0.39, 0.29) is 17.7 Å². The van der Waals surface area contributed by atoms with Crippen LogP contribution in [-0.4, -0.2) is 24.5 Å². The van der Waals surface area contributed by atoms with Crippen molar-refractivity contribution in [3.05, 3.63) is 59.9 Å². The summed E-state index contributed by atoms with van der Waals surface area (Å²) in [6, 6.07) is 12.0. The minimum absolute atomic E-state index is 0.00934. The molecule has 1 aromatic heterocycles. The van der Waals surface area contributed by atoms with Crippen LogP contribution in [0.5, 0.6) is 5.75 Å². The number of amides is 1. The SMILES string of the molecule is COc1ccc(C(CNC(=O)C(C)C)Cc2cccnc2)cc1. The Morgan fingerprint density at radius 3 is 2.52 bits per heavy atom. The van der Waals surface area contributed by atoms with Gasteiger partial charge in [-0.2, -0.15) is 0 Å². The van der Waals surface area contributed by atoms with E-state index in [9.17, 15) is 4.79 Å². The van der Waals surface area contributed by atoms with Crippen LogP contribution in [0.2, 0.25) is 0 Å². The van der Waals surface area contributed by atoms with E-state index in [1.165, 1.54) is 5.56 Å². The molecular weight excluding hydrogens is 288 g/mol. The summed E-state index contributed by atoms with van der Waals surface area (Å²) in [5.74, 6) is 1.10. The molecule has 1 atom stereocenters. The van der Waals surface area contributed by atoms with Gasteiger partial charge in [-0.3, -0.25) is 9.78 Å². The standard InChI is InChI=1S/C19H24N2O2/c1-14(2)19(22)21-13-17(11-15-5-4-10-20-12-15)16-6-8-18(23-3)9-7-16/h4-10,12,14,17H,11,13H2,1-3H3,(H,21,22). The number of carbonyl (C=O) groups excluding carboxylic acids is 1. The minimum Gasteiger partial charge on any atom is -0.497 e. The van der Waals surface area contributed by atoms with Crippen LogP contribution < -0.4 is 10.1 Å². The van der Waals surface area contributed by atoms with Crippen LogP contribution in [0.4, 0.5) is 0 Å². The molecule has 4 heteroatoms. The molecule has 1 aromatic carbocycles. The van der Waals surface area contributed by atoms with Crippen LogP contribution >= 0.6 is 0 Å². The lowest BCUT2D eigenvalue weighted by molar-refractivity contribution is -0.124. The van der Waals surface area contributed by atoms with Crippen molar-refractivity contribution in [3.63, 3.8) is 0 Å². The average Bonchev–Trinajstić information content (AvgIpc) is 2.59. The Hall–Kier alpha value is -2.36. The second kappa shape index (κ2) is 8.32. The zero-order valence-electron chi connectivity index (χ0n) is 14.0. The number of ether oxygens (including phenoxy) is 1. The highest BCUT2D eigenvalue weighted by Gasteiger charge is 2.15. The minimum atomic E-state index is -0.00934. The Kier molecular flexibility index (Phi) is 6.15. The largest absolute Gasteiger partial charge is 0.497 e. The quantitative estimate of drug-likeness (QED) is 0.854. The predicted octanol–water partition coefficient (Wildman–Crippen LogP) is 3.19. The van der Waals surface area contributed by atoms with E-state index in [2.05, 4.69) is 28.5 Å². The lowest BCUT2D eigenvalue weighted by Crippen LogP contribution is -2.32. The molecule has 0 aliphatic heterocycles. The third-order valence-corrected chi connectivity index (χ3v) is 3.84. The second-order valence-corrected chi connectivity index (χ2v) is 5.94. The van der Waals surface area contributed by atoms with E-state index in [1.54, 1.807) is 13.3 Å². The summed E-state index contributed by atoms with van der Waals surface area (Å²) >= 11 is 0. The van der Waals surface area contributed by atoms with E-state index >= 15 is 0 Å². The lowest BCUT2D eigenvalue weighted by atomic mass is 9.92. The Morgan fingerprint density at radius 2 is 1.96 bits per heavy atom. The molecule has 1 N–H and O–H groups in total. The highest BCUT2D eigenvalue weighted by atomic mass is 16.5. The molecule has 1 unspecified atom stereocenters. The van der Waals surface area contributed by atoms with Gasteiger partial charge < -0.3 is 10.1 Å². The molecule has 0 fully saturated rings. The van der Waals surface area contributed by atoms with Crippen molar-refractivity contribution in [1.29, 1.82) is 0 Å². The van der Waals surface area contributed by atoms with Crippen molar-refractivity contribution in [2.75, 3.05) is 13.7 Å². The van der Waals surface area contributed by atoms with Gasteiger partial charge in [-0.25, -0.2) is 0 Å². The van der Waals surface area contributed by atoms with Gasteiger partial charge >= 0.3 is 0 Å². The monoisotopic (exact) mass is 312 g/mol. The average molecular weight is 312 g/mol. The first-order chi connectivity index (χ1) is 11.1. The van der Waals surface area contributed by atoms with Crippen LogP contribution in [0, 0.1) is 5.92 Å². The molecule has 122 valence electrons. The van der Waals surface area contributed by atoms with Crippen molar-refractivity contribution in [3.8, 4) is 5.75 Å². The van der Waals surface area contributed by atoms with E-state index in [0.29, 0.717) is 6.54 Å². The van der Waals surface area contributed by atoms with Gasteiger partial charge in [0.1, 0.15) is 5.75 Å². The number of nitrogens with one attached hydrogen (secondary N) is 1. The Bertz CT molecular complexity index is 609. The number of methoxy groups -OCH3 is 1. The Labute approximate surface area is 137 Å². The van der Waals surface area contributed by atoms with Gasteiger partial charge in [0.15, 0.2) is 0 Å². The third-order valence-electron chi connectivity index (χ3n) is 3.84. The number of hydrogen-bond acceptors (Lipinski definition) is 3. The fourth-order valence-electron chi connectivity index (χ4n) is 2.42. The molecular formula is C19H24N2O2. The van der Waals surface area contributed by atoms with E-state index in [0.717, 1.165) is 17.7 Å². The number of aromatic nitrogens is 1. The third kappa shape index (κ3) is 5.09. The van der Waals surface area contributed by atoms with Crippen molar-refractivity contribution in [1.82, 2.24) is 10.3 Å². The molecule has 0 saturated carbocycles. The zero-order chi connectivity index (χ0) is 16.7. The first kappa shape index (κ1) is 17.0. The van der Waals surface area contributed by atoms with E-state index < -0.39 is 0 Å².